The molecule has 6 heteroatoms. The highest BCUT2D eigenvalue weighted by atomic mass is 127. The van der Waals surface area contributed by atoms with Gasteiger partial charge in [0.25, 0.3) is 0 Å². The van der Waals surface area contributed by atoms with Crippen molar-refractivity contribution in [3.63, 3.8) is 0 Å². The first-order valence-corrected chi connectivity index (χ1v) is 3.58. The molecule has 0 saturated heterocycles. The Bertz CT molecular complexity index is 273. The second kappa shape index (κ2) is 3.53. The highest BCUT2D eigenvalue weighted by Gasteiger charge is 2.25. The molecular weight excluding hydrogens is 290 g/mol. The molecule has 0 aromatic rings. The lowest BCUT2D eigenvalue weighted by molar-refractivity contribution is 0.336. The van der Waals surface area contributed by atoms with Crippen LogP contribution in [0, 0.1) is 0 Å². The number of nitrogens with one attached hydrogen (secondary N) is 1. The van der Waals surface area contributed by atoms with E-state index in [-0.39, 0.29) is 24.0 Å². The number of hydrazone groups is 1. The van der Waals surface area contributed by atoms with E-state index < -0.39 is 0 Å². The van der Waals surface area contributed by atoms with Crippen LogP contribution < -0.4 is 5.43 Å². The van der Waals surface area contributed by atoms with Crippen molar-refractivity contribution in [2.75, 3.05) is 7.05 Å². The highest BCUT2D eigenvalue weighted by molar-refractivity contribution is 14.0. The molecule has 2 aliphatic heterocycles. The van der Waals surface area contributed by atoms with Gasteiger partial charge in [-0.05, 0) is 23.8 Å². The summed E-state index contributed by atoms with van der Waals surface area (Å²) < 4.78 is 0. The molecule has 2 aliphatic rings. The number of fused-ring (bicyclic) bond motifs is 1. The van der Waals surface area contributed by atoms with Gasteiger partial charge >= 0.3 is 0 Å². The number of allylic oxidation sites excluding steroid dienone is 2. The average molecular weight is 299 g/mol. The van der Waals surface area contributed by atoms with E-state index in [1.54, 1.807) is 16.2 Å². The third-order valence-electron chi connectivity index (χ3n) is 1.52. The molecule has 0 aromatic carbocycles. The normalized spacial score (nSPS) is 19.2. The Kier molecular flexibility index (Phi) is 2.84. The van der Waals surface area contributed by atoms with Crippen LogP contribution >= 0.6 is 35.6 Å². The number of halogens is 2. The van der Waals surface area contributed by atoms with Gasteiger partial charge in [-0.2, -0.15) is 0 Å². The molecule has 0 aliphatic carbocycles. The molecule has 0 unspecified atom stereocenters. The Morgan fingerprint density at radius 3 is 3.00 bits per heavy atom. The molecule has 1 N–H and O–H groups in total. The summed E-state index contributed by atoms with van der Waals surface area (Å²) in [6.45, 7) is 0. The largest absolute Gasteiger partial charge is 0.298 e. The second-order valence-electron chi connectivity index (χ2n) is 2.24. The van der Waals surface area contributed by atoms with Crippen LogP contribution in [0.3, 0.4) is 0 Å². The van der Waals surface area contributed by atoms with Gasteiger partial charge in [-0.25, -0.2) is 10.0 Å². The van der Waals surface area contributed by atoms with Gasteiger partial charge in [-0.3, -0.25) is 5.43 Å². The van der Waals surface area contributed by atoms with E-state index in [0.29, 0.717) is 5.29 Å². The number of amidine groups is 1. The monoisotopic (exact) mass is 298 g/mol. The summed E-state index contributed by atoms with van der Waals surface area (Å²) in [5, 5.41) is 7.84. The molecular formula is C6H8ClIN4. The Hall–Kier alpha value is -0.430. The maximum absolute atomic E-state index is 5.78. The fourth-order valence-corrected chi connectivity index (χ4v) is 1.26. The van der Waals surface area contributed by atoms with Crippen LogP contribution in [0.25, 0.3) is 0 Å². The zero-order valence-corrected chi connectivity index (χ0v) is 9.45. The van der Waals surface area contributed by atoms with E-state index >= 15 is 0 Å². The van der Waals surface area contributed by atoms with E-state index in [9.17, 15) is 0 Å². The van der Waals surface area contributed by atoms with Gasteiger partial charge in [0, 0.05) is 13.2 Å². The highest BCUT2D eigenvalue weighted by Crippen LogP contribution is 2.19. The standard InChI is InChI=1S/C6H7ClN4.HI/c1-10-5-3-2-4-8-11(5)6(7)9-10;/h2-4,8H,1H3;1H. The Morgan fingerprint density at radius 2 is 2.33 bits per heavy atom. The third kappa shape index (κ3) is 1.38. The number of nitrogens with zero attached hydrogens (tertiary/aromatic N) is 3. The summed E-state index contributed by atoms with van der Waals surface area (Å²) in [7, 11) is 1.84. The Balaban J connectivity index is 0.000000720. The van der Waals surface area contributed by atoms with Gasteiger partial charge in [0.2, 0.25) is 5.29 Å². The van der Waals surface area contributed by atoms with Crippen LogP contribution in [0.5, 0.6) is 0 Å². The zero-order valence-electron chi connectivity index (χ0n) is 6.36. The number of hydrazine groups is 1. The first-order chi connectivity index (χ1) is 5.29. The van der Waals surface area contributed by atoms with Crippen LogP contribution in [0.2, 0.25) is 0 Å². The predicted molar refractivity (Wildman–Crippen MR) is 58.7 cm³/mol. The average Bonchev–Trinajstić information content (AvgIpc) is 2.30. The van der Waals surface area contributed by atoms with Crippen LogP contribution in [0.1, 0.15) is 0 Å². The summed E-state index contributed by atoms with van der Waals surface area (Å²) in [6, 6.07) is 0. The molecule has 0 atom stereocenters. The number of hydrogen-bond acceptors (Lipinski definition) is 4. The van der Waals surface area contributed by atoms with Crippen molar-refractivity contribution in [2.45, 2.75) is 0 Å². The van der Waals surface area contributed by atoms with Crippen molar-refractivity contribution >= 4 is 40.9 Å². The molecule has 0 spiro atoms. The molecule has 0 amide bonds. The second-order valence-corrected chi connectivity index (χ2v) is 2.58. The molecule has 2 rings (SSSR count). The van der Waals surface area contributed by atoms with Crippen LogP contribution in [0.15, 0.2) is 29.3 Å². The van der Waals surface area contributed by atoms with Crippen molar-refractivity contribution in [1.82, 2.24) is 15.4 Å². The van der Waals surface area contributed by atoms with Gasteiger partial charge in [0.1, 0.15) is 0 Å². The van der Waals surface area contributed by atoms with Crippen LogP contribution in [-0.2, 0) is 0 Å². The summed E-state index contributed by atoms with van der Waals surface area (Å²) >= 11 is 5.78. The summed E-state index contributed by atoms with van der Waals surface area (Å²) in [5.74, 6) is 0.928. The first-order valence-electron chi connectivity index (χ1n) is 3.20. The van der Waals surface area contributed by atoms with Gasteiger partial charge < -0.3 is 0 Å². The minimum atomic E-state index is 0. The van der Waals surface area contributed by atoms with Crippen LogP contribution in [-0.4, -0.2) is 22.4 Å². The van der Waals surface area contributed by atoms with Crippen molar-refractivity contribution < 1.29 is 0 Å². The van der Waals surface area contributed by atoms with Crippen molar-refractivity contribution in [3.8, 4) is 0 Å². The molecule has 0 aromatic heterocycles. The fraction of sp³-hybridized carbons (Fsp3) is 0.167. The molecule has 0 radical (unpaired) electrons. The maximum atomic E-state index is 5.78. The van der Waals surface area contributed by atoms with Gasteiger partial charge in [-0.1, -0.05) is 0 Å². The van der Waals surface area contributed by atoms with E-state index in [2.05, 4.69) is 10.5 Å². The molecule has 0 fully saturated rings. The van der Waals surface area contributed by atoms with Crippen molar-refractivity contribution in [3.05, 3.63) is 24.2 Å². The Morgan fingerprint density at radius 1 is 1.58 bits per heavy atom. The van der Waals surface area contributed by atoms with E-state index in [1.807, 2.05) is 19.2 Å². The van der Waals surface area contributed by atoms with E-state index in [4.69, 9.17) is 11.6 Å². The van der Waals surface area contributed by atoms with Gasteiger partial charge in [0.05, 0.1) is 0 Å². The number of hydrogen-bond donors (Lipinski definition) is 1. The van der Waals surface area contributed by atoms with Crippen molar-refractivity contribution in [1.29, 1.82) is 0 Å². The molecule has 2 heterocycles. The lowest BCUT2D eigenvalue weighted by Crippen LogP contribution is -2.36. The maximum Gasteiger partial charge on any atom is 0.242 e. The predicted octanol–water partition coefficient (Wildman–Crippen LogP) is 1.23. The molecule has 0 bridgehead atoms. The number of rotatable bonds is 0. The fourth-order valence-electron chi connectivity index (χ4n) is 1.01. The molecule has 66 valence electrons. The molecule has 0 saturated carbocycles. The van der Waals surface area contributed by atoms with Gasteiger partial charge in [0.15, 0.2) is 5.82 Å². The quantitative estimate of drug-likeness (QED) is 0.539. The first kappa shape index (κ1) is 9.66. The van der Waals surface area contributed by atoms with E-state index in [1.165, 1.54) is 0 Å². The minimum absolute atomic E-state index is 0. The van der Waals surface area contributed by atoms with Gasteiger partial charge in [-0.15, -0.1) is 29.1 Å². The topological polar surface area (TPSA) is 30.9 Å². The molecule has 12 heavy (non-hydrogen) atoms. The summed E-state index contributed by atoms with van der Waals surface area (Å²) in [6.07, 6.45) is 5.61. The lowest BCUT2D eigenvalue weighted by Gasteiger charge is -2.22. The van der Waals surface area contributed by atoms with Crippen LogP contribution in [0.4, 0.5) is 0 Å². The smallest absolute Gasteiger partial charge is 0.242 e. The Labute approximate surface area is 92.5 Å². The summed E-state index contributed by atoms with van der Waals surface area (Å²) in [4.78, 5) is 0. The van der Waals surface area contributed by atoms with E-state index in [0.717, 1.165) is 5.82 Å². The zero-order chi connectivity index (χ0) is 7.84. The summed E-state index contributed by atoms with van der Waals surface area (Å²) in [5.41, 5.74) is 2.94. The third-order valence-corrected chi connectivity index (χ3v) is 1.77. The SMILES string of the molecule is CN1N=C(Cl)N2NC=CC=C12.I. The molecule has 4 nitrogen and oxygen atoms in total. The van der Waals surface area contributed by atoms with Crippen molar-refractivity contribution in [2.24, 2.45) is 5.10 Å². The lowest BCUT2D eigenvalue weighted by atomic mass is 10.4. The minimum Gasteiger partial charge on any atom is -0.298 e.